The number of rotatable bonds is 26. The molecule has 0 aliphatic heterocycles. The largest absolute Gasteiger partial charge is 0.379 e. The molecular weight excluding hydrogens is 426 g/mol. The van der Waals surface area contributed by atoms with E-state index in [2.05, 4.69) is 19.2 Å². The van der Waals surface area contributed by atoms with Gasteiger partial charge < -0.3 is 33.7 Å². The Hall–Kier alpha value is -0.770. The lowest BCUT2D eigenvalue weighted by atomic mass is 10.1. The van der Waals surface area contributed by atoms with Crippen molar-refractivity contribution in [3.8, 4) is 0 Å². The van der Waals surface area contributed by atoms with E-state index >= 15 is 0 Å². The third kappa shape index (κ3) is 29.2. The van der Waals surface area contributed by atoms with Crippen LogP contribution in [0, 0.1) is 0 Å². The van der Waals surface area contributed by atoms with Crippen LogP contribution in [0.3, 0.4) is 0 Å². The molecule has 0 fully saturated rings. The van der Waals surface area contributed by atoms with Gasteiger partial charge in [0.15, 0.2) is 0 Å². The van der Waals surface area contributed by atoms with Crippen LogP contribution >= 0.6 is 0 Å². The smallest absolute Gasteiger partial charge is 0.220 e. The molecule has 8 nitrogen and oxygen atoms in total. The molecule has 0 unspecified atom stereocenters. The van der Waals surface area contributed by atoms with E-state index in [0.717, 1.165) is 25.9 Å². The van der Waals surface area contributed by atoms with Gasteiger partial charge in [-0.2, -0.15) is 0 Å². The van der Waals surface area contributed by atoms with Crippen LogP contribution < -0.4 is 5.32 Å². The Balaban J connectivity index is 3.15. The van der Waals surface area contributed by atoms with E-state index in [1.807, 2.05) is 13.8 Å². The maximum Gasteiger partial charge on any atom is 0.220 e. The first-order chi connectivity index (χ1) is 16.0. The number of carbonyl (C=O) groups is 1. The van der Waals surface area contributed by atoms with Gasteiger partial charge in [-0.3, -0.25) is 4.79 Å². The zero-order valence-electron chi connectivity index (χ0n) is 21.7. The molecule has 0 rings (SSSR count). The van der Waals surface area contributed by atoms with Crippen molar-refractivity contribution in [1.82, 2.24) is 5.32 Å². The van der Waals surface area contributed by atoms with Crippen LogP contribution in [-0.4, -0.2) is 90.7 Å². The predicted molar refractivity (Wildman–Crippen MR) is 131 cm³/mol. The van der Waals surface area contributed by atoms with Gasteiger partial charge in [-0.25, -0.2) is 0 Å². The van der Waals surface area contributed by atoms with Gasteiger partial charge >= 0.3 is 0 Å². The third-order valence-corrected chi connectivity index (χ3v) is 4.61. The highest BCUT2D eigenvalue weighted by Gasteiger charge is 2.01. The van der Waals surface area contributed by atoms with Crippen LogP contribution in [0.25, 0.3) is 0 Å². The summed E-state index contributed by atoms with van der Waals surface area (Å²) in [5.41, 5.74) is 0. The summed E-state index contributed by atoms with van der Waals surface area (Å²) < 4.78 is 32.6. The second kappa shape index (κ2) is 25.8. The molecule has 0 saturated carbocycles. The van der Waals surface area contributed by atoms with Crippen molar-refractivity contribution < 1.29 is 33.2 Å². The molecule has 0 saturated heterocycles. The Labute approximate surface area is 202 Å². The summed E-state index contributed by atoms with van der Waals surface area (Å²) in [7, 11) is 0. The molecule has 1 amide bonds. The molecule has 0 heterocycles. The highest BCUT2D eigenvalue weighted by atomic mass is 16.6. The first-order valence-electron chi connectivity index (χ1n) is 12.8. The SMILES string of the molecule is CC(C)OCCCCCCCCC(=O)NCCOCCOCCOCCOCCOC(C)C. The fourth-order valence-electron chi connectivity index (χ4n) is 2.87. The third-order valence-electron chi connectivity index (χ3n) is 4.61. The molecule has 0 aliphatic rings. The number of hydrogen-bond donors (Lipinski definition) is 1. The molecule has 0 aliphatic carbocycles. The van der Waals surface area contributed by atoms with E-state index in [1.54, 1.807) is 0 Å². The van der Waals surface area contributed by atoms with Gasteiger partial charge in [0.05, 0.1) is 71.7 Å². The topological polar surface area (TPSA) is 84.5 Å². The Morgan fingerprint density at radius 3 is 1.52 bits per heavy atom. The zero-order valence-corrected chi connectivity index (χ0v) is 21.7. The van der Waals surface area contributed by atoms with E-state index in [-0.39, 0.29) is 12.0 Å². The predicted octanol–water partition coefficient (Wildman–Crippen LogP) is 3.75. The van der Waals surface area contributed by atoms with E-state index < -0.39 is 0 Å². The van der Waals surface area contributed by atoms with Crippen LogP contribution in [0.2, 0.25) is 0 Å². The number of ether oxygens (including phenoxy) is 6. The summed E-state index contributed by atoms with van der Waals surface area (Å²) in [5.74, 6) is 0.105. The monoisotopic (exact) mass is 477 g/mol. The summed E-state index contributed by atoms with van der Waals surface area (Å²) in [6.45, 7) is 14.4. The number of unbranched alkanes of at least 4 members (excludes halogenated alkanes) is 5. The normalized spacial score (nSPS) is 11.6. The molecule has 33 heavy (non-hydrogen) atoms. The van der Waals surface area contributed by atoms with Gasteiger partial charge in [0.1, 0.15) is 0 Å². The summed E-state index contributed by atoms with van der Waals surface area (Å²) in [6, 6.07) is 0. The van der Waals surface area contributed by atoms with Crippen molar-refractivity contribution in [2.45, 2.75) is 84.8 Å². The van der Waals surface area contributed by atoms with Gasteiger partial charge in [0, 0.05) is 19.6 Å². The zero-order chi connectivity index (χ0) is 24.4. The molecular formula is C25H51NO7. The Bertz CT molecular complexity index is 408. The molecule has 0 spiro atoms. The van der Waals surface area contributed by atoms with Crippen molar-refractivity contribution in [2.24, 2.45) is 0 Å². The van der Waals surface area contributed by atoms with E-state index in [1.165, 1.54) is 19.3 Å². The number of hydrogen-bond acceptors (Lipinski definition) is 7. The summed E-state index contributed by atoms with van der Waals surface area (Å²) in [5, 5.41) is 2.90. The van der Waals surface area contributed by atoms with Crippen LogP contribution in [0.4, 0.5) is 0 Å². The summed E-state index contributed by atoms with van der Waals surface area (Å²) >= 11 is 0. The molecule has 0 bridgehead atoms. The lowest BCUT2D eigenvalue weighted by Gasteiger charge is -2.09. The standard InChI is InChI=1S/C25H51NO7/c1-23(2)32-13-10-8-6-5-7-9-11-25(27)26-12-14-28-15-16-29-17-18-30-19-20-31-21-22-33-24(3)4/h23-24H,5-22H2,1-4H3,(H,26,27). The van der Waals surface area contributed by atoms with Gasteiger partial charge in [0.25, 0.3) is 0 Å². The number of nitrogens with one attached hydrogen (secondary N) is 1. The molecule has 0 radical (unpaired) electrons. The van der Waals surface area contributed by atoms with Gasteiger partial charge in [0.2, 0.25) is 5.91 Å². The molecule has 8 heteroatoms. The fraction of sp³-hybridized carbons (Fsp3) is 0.960. The summed E-state index contributed by atoms with van der Waals surface area (Å²) in [6.07, 6.45) is 7.94. The Morgan fingerprint density at radius 2 is 0.970 bits per heavy atom. The fourth-order valence-corrected chi connectivity index (χ4v) is 2.87. The highest BCUT2D eigenvalue weighted by molar-refractivity contribution is 5.75. The number of amides is 1. The molecule has 0 aromatic heterocycles. The number of carbonyl (C=O) groups excluding carboxylic acids is 1. The quantitative estimate of drug-likeness (QED) is 0.190. The van der Waals surface area contributed by atoms with Crippen molar-refractivity contribution in [2.75, 3.05) is 72.6 Å². The van der Waals surface area contributed by atoms with Gasteiger partial charge in [-0.05, 0) is 40.5 Å². The average molecular weight is 478 g/mol. The van der Waals surface area contributed by atoms with Crippen molar-refractivity contribution >= 4 is 5.91 Å². The van der Waals surface area contributed by atoms with E-state index in [9.17, 15) is 4.79 Å². The van der Waals surface area contributed by atoms with Gasteiger partial charge in [-0.1, -0.05) is 25.7 Å². The molecule has 0 aromatic rings. The van der Waals surface area contributed by atoms with E-state index in [0.29, 0.717) is 78.5 Å². The van der Waals surface area contributed by atoms with Crippen LogP contribution in [0.5, 0.6) is 0 Å². The lowest BCUT2D eigenvalue weighted by molar-refractivity contribution is -0.121. The van der Waals surface area contributed by atoms with Crippen LogP contribution in [0.1, 0.15) is 72.6 Å². The maximum absolute atomic E-state index is 11.8. The van der Waals surface area contributed by atoms with Crippen LogP contribution in [-0.2, 0) is 33.2 Å². The minimum atomic E-state index is 0.105. The first kappa shape index (κ1) is 32.2. The molecule has 198 valence electrons. The molecule has 0 aromatic carbocycles. The lowest BCUT2D eigenvalue weighted by Crippen LogP contribution is -2.27. The molecule has 0 atom stereocenters. The molecule has 1 N–H and O–H groups in total. The average Bonchev–Trinajstić information content (AvgIpc) is 2.77. The second-order valence-electron chi connectivity index (χ2n) is 8.51. The highest BCUT2D eigenvalue weighted by Crippen LogP contribution is 2.07. The second-order valence-corrected chi connectivity index (χ2v) is 8.51. The summed E-state index contributed by atoms with van der Waals surface area (Å²) in [4.78, 5) is 11.8. The van der Waals surface area contributed by atoms with Crippen LogP contribution in [0.15, 0.2) is 0 Å². The van der Waals surface area contributed by atoms with Crippen molar-refractivity contribution in [3.63, 3.8) is 0 Å². The minimum absolute atomic E-state index is 0.105. The van der Waals surface area contributed by atoms with Crippen molar-refractivity contribution in [3.05, 3.63) is 0 Å². The van der Waals surface area contributed by atoms with Crippen molar-refractivity contribution in [1.29, 1.82) is 0 Å². The Kier molecular flexibility index (Phi) is 25.2. The Morgan fingerprint density at radius 1 is 0.545 bits per heavy atom. The minimum Gasteiger partial charge on any atom is -0.379 e. The first-order valence-corrected chi connectivity index (χ1v) is 12.8. The maximum atomic E-state index is 11.8. The van der Waals surface area contributed by atoms with E-state index in [4.69, 9.17) is 28.4 Å². The van der Waals surface area contributed by atoms with Gasteiger partial charge in [-0.15, -0.1) is 0 Å².